The lowest BCUT2D eigenvalue weighted by molar-refractivity contribution is 0.0285. The number of carbonyl (C=O) groups excluding carboxylic acids is 1. The van der Waals surface area contributed by atoms with Crippen molar-refractivity contribution in [3.8, 4) is 11.3 Å². The van der Waals surface area contributed by atoms with Gasteiger partial charge in [-0.3, -0.25) is 4.98 Å². The van der Waals surface area contributed by atoms with Gasteiger partial charge in [0, 0.05) is 36.8 Å². The maximum absolute atomic E-state index is 15.2. The molecule has 11 heteroatoms. The summed E-state index contributed by atoms with van der Waals surface area (Å²) in [5, 5.41) is 11.7. The first kappa shape index (κ1) is 24.9. The average Bonchev–Trinajstić information content (AvgIpc) is 3.19. The van der Waals surface area contributed by atoms with Crippen molar-refractivity contribution in [2.24, 2.45) is 5.16 Å². The van der Waals surface area contributed by atoms with E-state index in [0.29, 0.717) is 5.56 Å². The molecule has 0 spiro atoms. The largest absolute Gasteiger partial charge is 0.444 e. The number of ether oxygens (including phenoxy) is 1. The molecule has 3 aromatic rings. The zero-order valence-electron chi connectivity index (χ0n) is 19.1. The smallest absolute Gasteiger partial charge is 0.410 e. The van der Waals surface area contributed by atoms with E-state index in [2.05, 4.69) is 10.1 Å². The van der Waals surface area contributed by atoms with Crippen molar-refractivity contribution in [3.05, 3.63) is 71.9 Å². The van der Waals surface area contributed by atoms with Gasteiger partial charge in [0.15, 0.2) is 0 Å². The molecule has 1 amide bonds. The minimum Gasteiger partial charge on any atom is -0.444 e. The molecule has 0 atom stereocenters. The van der Waals surface area contributed by atoms with Crippen LogP contribution in [-0.4, -0.2) is 52.4 Å². The summed E-state index contributed by atoms with van der Waals surface area (Å²) in [5.74, 6) is -0.770. The summed E-state index contributed by atoms with van der Waals surface area (Å²) in [6.07, 6.45) is 4.28. The maximum atomic E-state index is 15.2. The number of halogens is 1. The first-order valence-corrected chi connectivity index (χ1v) is 11.7. The highest BCUT2D eigenvalue weighted by atomic mass is 32.2. The van der Waals surface area contributed by atoms with E-state index in [-0.39, 0.29) is 28.3 Å². The number of oxime groups is 1. The summed E-state index contributed by atoms with van der Waals surface area (Å²) in [5.41, 5.74) is -0.308. The van der Waals surface area contributed by atoms with Crippen molar-refractivity contribution < 1.29 is 27.5 Å². The first-order valence-electron chi connectivity index (χ1n) is 10.2. The molecule has 0 aliphatic rings. The number of hydrogen-bond donors (Lipinski definition) is 1. The Balaban J connectivity index is 2.12. The summed E-state index contributed by atoms with van der Waals surface area (Å²) in [4.78, 5) is 17.5. The fourth-order valence-corrected chi connectivity index (χ4v) is 4.54. The Kier molecular flexibility index (Phi) is 7.06. The maximum Gasteiger partial charge on any atom is 0.410 e. The van der Waals surface area contributed by atoms with Crippen LogP contribution in [0, 0.1) is 5.82 Å². The van der Waals surface area contributed by atoms with E-state index in [1.54, 1.807) is 20.8 Å². The van der Waals surface area contributed by atoms with Gasteiger partial charge in [-0.15, -0.1) is 0 Å². The van der Waals surface area contributed by atoms with Crippen molar-refractivity contribution in [1.82, 2.24) is 13.9 Å². The van der Waals surface area contributed by atoms with Crippen molar-refractivity contribution in [1.29, 1.82) is 0 Å². The molecule has 1 N–H and O–H groups in total. The van der Waals surface area contributed by atoms with Crippen LogP contribution in [0.15, 0.2) is 65.0 Å². The van der Waals surface area contributed by atoms with Crippen molar-refractivity contribution >= 4 is 22.3 Å². The molecule has 180 valence electrons. The number of benzene rings is 1. The fraction of sp³-hybridized carbons (Fsp3) is 0.261. The van der Waals surface area contributed by atoms with Gasteiger partial charge < -0.3 is 14.8 Å². The molecule has 2 heterocycles. The number of amides is 1. The molecule has 0 saturated carbocycles. The zero-order chi connectivity index (χ0) is 25.1. The van der Waals surface area contributed by atoms with E-state index in [4.69, 9.17) is 9.94 Å². The third-order valence-electron chi connectivity index (χ3n) is 4.66. The number of nitrogens with zero attached hydrogens (tertiary/aromatic N) is 4. The van der Waals surface area contributed by atoms with Crippen molar-refractivity contribution in [2.75, 3.05) is 7.05 Å². The molecule has 34 heavy (non-hydrogen) atoms. The number of carbonyl (C=O) groups is 1. The monoisotopic (exact) mass is 488 g/mol. The van der Waals surface area contributed by atoms with Crippen LogP contribution in [0.1, 0.15) is 31.9 Å². The Labute approximate surface area is 197 Å². The Morgan fingerprint density at radius 3 is 2.65 bits per heavy atom. The standard InChI is InChI=1S/C23H25FN4O5S/c1-23(2,3)33-22(29)27(4)14-16-11-20(19-9-5-7-17(12-26-30)21(19)24)28(15-16)34(31,32)18-8-6-10-25-13-18/h5-13,15,30H,14H2,1-4H3. The van der Waals surface area contributed by atoms with Crippen LogP contribution in [-0.2, 0) is 21.3 Å². The molecule has 9 nitrogen and oxygen atoms in total. The molecule has 0 aliphatic heterocycles. The van der Waals surface area contributed by atoms with Crippen LogP contribution in [0.4, 0.5) is 9.18 Å². The van der Waals surface area contributed by atoms with Crippen LogP contribution in [0.2, 0.25) is 0 Å². The molecule has 0 fully saturated rings. The fourth-order valence-electron chi connectivity index (χ4n) is 3.18. The van der Waals surface area contributed by atoms with Gasteiger partial charge in [-0.2, -0.15) is 0 Å². The molecule has 1 aromatic carbocycles. The highest BCUT2D eigenvalue weighted by molar-refractivity contribution is 7.90. The molecule has 0 saturated heterocycles. The third kappa shape index (κ3) is 5.42. The van der Waals surface area contributed by atoms with Gasteiger partial charge >= 0.3 is 6.09 Å². The van der Waals surface area contributed by atoms with Crippen LogP contribution in [0.3, 0.4) is 0 Å². The molecule has 2 aromatic heterocycles. The van der Waals surface area contributed by atoms with Gasteiger partial charge in [0.2, 0.25) is 0 Å². The lowest BCUT2D eigenvalue weighted by Crippen LogP contribution is -2.33. The van der Waals surface area contributed by atoms with Gasteiger partial charge in [0.1, 0.15) is 16.3 Å². The summed E-state index contributed by atoms with van der Waals surface area (Å²) in [6.45, 7) is 5.22. The predicted octanol–water partition coefficient (Wildman–Crippen LogP) is 4.10. The molecule has 0 radical (unpaired) electrons. The Bertz CT molecular complexity index is 1310. The van der Waals surface area contributed by atoms with Gasteiger partial charge in [-0.1, -0.05) is 17.3 Å². The second kappa shape index (κ2) is 9.64. The van der Waals surface area contributed by atoms with E-state index in [1.165, 1.54) is 66.9 Å². The minimum atomic E-state index is -4.15. The molecule has 0 unspecified atom stereocenters. The van der Waals surface area contributed by atoms with Gasteiger partial charge in [0.05, 0.1) is 18.5 Å². The van der Waals surface area contributed by atoms with Crippen LogP contribution in [0.25, 0.3) is 11.3 Å². The Hall–Kier alpha value is -3.73. The van der Waals surface area contributed by atoms with E-state index in [9.17, 15) is 13.2 Å². The minimum absolute atomic E-state index is 0.0108. The zero-order valence-corrected chi connectivity index (χ0v) is 20.0. The highest BCUT2D eigenvalue weighted by Crippen LogP contribution is 2.30. The van der Waals surface area contributed by atoms with Gasteiger partial charge in [-0.05, 0) is 50.6 Å². The second-order valence-corrected chi connectivity index (χ2v) is 10.3. The molecule has 3 rings (SSSR count). The summed E-state index contributed by atoms with van der Waals surface area (Å²) >= 11 is 0. The molecule has 0 bridgehead atoms. The Morgan fingerprint density at radius 1 is 1.29 bits per heavy atom. The molecule has 0 aliphatic carbocycles. The predicted molar refractivity (Wildman–Crippen MR) is 124 cm³/mol. The molecular weight excluding hydrogens is 463 g/mol. The van der Waals surface area contributed by atoms with Crippen LogP contribution >= 0.6 is 0 Å². The Morgan fingerprint density at radius 2 is 2.03 bits per heavy atom. The average molecular weight is 489 g/mol. The quantitative estimate of drug-likeness (QED) is 0.317. The van der Waals surface area contributed by atoms with Crippen molar-refractivity contribution in [2.45, 2.75) is 37.8 Å². The van der Waals surface area contributed by atoms with E-state index >= 15 is 4.39 Å². The van der Waals surface area contributed by atoms with Gasteiger partial charge in [-0.25, -0.2) is 21.6 Å². The number of hydrogen-bond acceptors (Lipinski definition) is 7. The normalized spacial score (nSPS) is 12.1. The van der Waals surface area contributed by atoms with E-state index in [0.717, 1.165) is 10.2 Å². The van der Waals surface area contributed by atoms with Crippen LogP contribution < -0.4 is 0 Å². The van der Waals surface area contributed by atoms with Crippen LogP contribution in [0.5, 0.6) is 0 Å². The number of rotatable bonds is 6. The summed E-state index contributed by atoms with van der Waals surface area (Å²) in [7, 11) is -2.64. The van der Waals surface area contributed by atoms with Gasteiger partial charge in [0.25, 0.3) is 10.0 Å². The number of pyridine rings is 1. The number of aromatic nitrogens is 2. The van der Waals surface area contributed by atoms with E-state index < -0.39 is 27.5 Å². The third-order valence-corrected chi connectivity index (χ3v) is 6.32. The topological polar surface area (TPSA) is 114 Å². The first-order chi connectivity index (χ1) is 15.9. The lowest BCUT2D eigenvalue weighted by atomic mass is 10.1. The molecular formula is C23H25FN4O5S. The lowest BCUT2D eigenvalue weighted by Gasteiger charge is -2.24. The highest BCUT2D eigenvalue weighted by Gasteiger charge is 2.26. The SMILES string of the molecule is CN(Cc1cc(-c2cccc(C=NO)c2F)n(S(=O)(=O)c2cccnc2)c1)C(=O)OC(C)(C)C. The second-order valence-electron chi connectivity index (χ2n) is 8.51. The summed E-state index contributed by atoms with van der Waals surface area (Å²) in [6, 6.07) is 8.65. The van der Waals surface area contributed by atoms with E-state index in [1.807, 2.05) is 0 Å². The van der Waals surface area contributed by atoms with Crippen molar-refractivity contribution in [3.63, 3.8) is 0 Å². The summed E-state index contributed by atoms with van der Waals surface area (Å²) < 4.78 is 48.3.